The summed E-state index contributed by atoms with van der Waals surface area (Å²) >= 11 is 0. The van der Waals surface area contributed by atoms with E-state index in [4.69, 9.17) is 33.3 Å². The standard InChI is InChI=1S/C44H47N5O6Si/c1-43(2,3)56(6,7)55-34-26-35-49-40-36(39(45-27-46-40)48-42(50)28-14-10-8-11-15-28)47-41(49)38(37(34)53-35)54-44(29-16-12-9-13-17-29,30-18-22-32(51-4)23-19-30)31-20-24-33(52-5)25-21-31/h8-25,27,34-35,37-38H,26H2,1-7H3,(H,45,46,48,50)/t34-,35+,37+,38+/m0/s1. The zero-order valence-corrected chi connectivity index (χ0v) is 33.7. The quantitative estimate of drug-likeness (QED) is 0.102. The Kier molecular flexibility index (Phi) is 9.78. The van der Waals surface area contributed by atoms with Crippen LogP contribution in [-0.4, -0.2) is 60.2 Å². The Morgan fingerprint density at radius 2 is 1.38 bits per heavy atom. The predicted molar refractivity (Wildman–Crippen MR) is 216 cm³/mol. The van der Waals surface area contributed by atoms with E-state index in [1.165, 1.54) is 6.33 Å². The Morgan fingerprint density at radius 3 is 1.95 bits per heavy atom. The zero-order valence-electron chi connectivity index (χ0n) is 32.7. The third-order valence-electron chi connectivity index (χ3n) is 11.5. The summed E-state index contributed by atoms with van der Waals surface area (Å²) in [4.78, 5) is 27.9. The minimum atomic E-state index is -2.29. The first kappa shape index (κ1) is 37.5. The van der Waals surface area contributed by atoms with Gasteiger partial charge in [-0.2, -0.15) is 0 Å². The molecule has 1 N–H and O–H groups in total. The molecule has 1 fully saturated rings. The number of hydrogen-bond acceptors (Lipinski definition) is 9. The van der Waals surface area contributed by atoms with Gasteiger partial charge in [0.2, 0.25) is 0 Å². The van der Waals surface area contributed by atoms with Gasteiger partial charge in [-0.25, -0.2) is 15.0 Å². The molecule has 11 nitrogen and oxygen atoms in total. The van der Waals surface area contributed by atoms with Crippen molar-refractivity contribution in [2.45, 2.75) is 75.5 Å². The Labute approximate surface area is 328 Å². The van der Waals surface area contributed by atoms with Crippen molar-refractivity contribution in [1.29, 1.82) is 0 Å². The van der Waals surface area contributed by atoms with Crippen LogP contribution < -0.4 is 14.8 Å². The van der Waals surface area contributed by atoms with Crippen LogP contribution in [0.4, 0.5) is 5.82 Å². The lowest BCUT2D eigenvalue weighted by atomic mass is 9.79. The van der Waals surface area contributed by atoms with Gasteiger partial charge in [0.1, 0.15) is 47.7 Å². The first-order valence-electron chi connectivity index (χ1n) is 18.9. The average molecular weight is 770 g/mol. The van der Waals surface area contributed by atoms with Crippen molar-refractivity contribution in [2.24, 2.45) is 0 Å². The van der Waals surface area contributed by atoms with Crippen LogP contribution in [0.25, 0.3) is 11.2 Å². The van der Waals surface area contributed by atoms with Gasteiger partial charge in [-0.1, -0.05) is 93.6 Å². The molecule has 2 aliphatic rings. The smallest absolute Gasteiger partial charge is 0.256 e. The summed E-state index contributed by atoms with van der Waals surface area (Å²) in [6.07, 6.45) is -0.0407. The molecular formula is C44H47N5O6Si. The summed E-state index contributed by atoms with van der Waals surface area (Å²) in [7, 11) is 1.02. The Bertz CT molecular complexity index is 2280. The summed E-state index contributed by atoms with van der Waals surface area (Å²) in [5.74, 6) is 2.05. The molecule has 2 aromatic heterocycles. The number of fused-ring (bicyclic) bond motifs is 6. The number of nitrogens with zero attached hydrogens (tertiary/aromatic N) is 4. The van der Waals surface area contributed by atoms with Gasteiger partial charge in [0.25, 0.3) is 5.91 Å². The zero-order chi connectivity index (χ0) is 39.2. The predicted octanol–water partition coefficient (Wildman–Crippen LogP) is 8.84. The van der Waals surface area contributed by atoms with Crippen LogP contribution >= 0.6 is 0 Å². The highest BCUT2D eigenvalue weighted by Crippen LogP contribution is 2.53. The summed E-state index contributed by atoms with van der Waals surface area (Å²) in [6.45, 7) is 11.2. The second-order valence-electron chi connectivity index (χ2n) is 15.8. The van der Waals surface area contributed by atoms with Crippen molar-refractivity contribution in [3.8, 4) is 11.5 Å². The highest BCUT2D eigenvalue weighted by atomic mass is 28.4. The number of anilines is 1. The van der Waals surface area contributed by atoms with E-state index in [0.29, 0.717) is 34.8 Å². The molecule has 288 valence electrons. The lowest BCUT2D eigenvalue weighted by molar-refractivity contribution is -0.167. The maximum atomic E-state index is 13.4. The van der Waals surface area contributed by atoms with Gasteiger partial charge in [0.15, 0.2) is 25.3 Å². The summed E-state index contributed by atoms with van der Waals surface area (Å²) in [5.41, 5.74) is 2.92. The lowest BCUT2D eigenvalue weighted by Crippen LogP contribution is -2.48. The van der Waals surface area contributed by atoms with Crippen LogP contribution in [0.2, 0.25) is 18.1 Å². The minimum Gasteiger partial charge on any atom is -0.497 e. The third-order valence-corrected chi connectivity index (χ3v) is 16.0. The number of rotatable bonds is 11. The Hall–Kier alpha value is -5.40. The van der Waals surface area contributed by atoms with Crippen molar-refractivity contribution < 1.29 is 28.2 Å². The number of methoxy groups -OCH3 is 2. The number of carbonyl (C=O) groups excluding carboxylic acids is 1. The molecule has 12 heteroatoms. The van der Waals surface area contributed by atoms with Crippen LogP contribution in [-0.2, 0) is 19.5 Å². The SMILES string of the molecule is COc1ccc(C(O[C@H]2c3nc4c(NC(=O)c5ccccc5)ncnc4n3[C@H]3C[C@H](O[Si](C)(C)C(C)(C)C)[C@H]2O3)(c2ccccc2)c2ccc(OC)cc2)cc1. The van der Waals surface area contributed by atoms with Crippen LogP contribution in [0, 0.1) is 0 Å². The first-order chi connectivity index (χ1) is 26.9. The summed E-state index contributed by atoms with van der Waals surface area (Å²) in [5, 5.41) is 2.94. The summed E-state index contributed by atoms with van der Waals surface area (Å²) in [6, 6.07) is 35.1. The van der Waals surface area contributed by atoms with Crippen molar-refractivity contribution in [1.82, 2.24) is 19.5 Å². The average Bonchev–Trinajstić information content (AvgIpc) is 3.78. The molecular weight excluding hydrogens is 723 g/mol. The molecule has 0 aliphatic carbocycles. The Balaban J connectivity index is 1.33. The molecule has 1 amide bonds. The molecule has 2 bridgehead atoms. The van der Waals surface area contributed by atoms with Crippen molar-refractivity contribution >= 4 is 31.2 Å². The molecule has 0 saturated carbocycles. The molecule has 4 heterocycles. The third kappa shape index (κ3) is 6.56. The maximum Gasteiger partial charge on any atom is 0.256 e. The van der Waals surface area contributed by atoms with Crippen molar-refractivity contribution in [2.75, 3.05) is 19.5 Å². The highest BCUT2D eigenvalue weighted by Gasteiger charge is 2.55. The second kappa shape index (κ2) is 14.6. The molecule has 1 saturated heterocycles. The van der Waals surface area contributed by atoms with Gasteiger partial charge in [0, 0.05) is 12.0 Å². The molecule has 4 atom stereocenters. The van der Waals surface area contributed by atoms with E-state index in [1.54, 1.807) is 26.4 Å². The van der Waals surface area contributed by atoms with Gasteiger partial charge < -0.3 is 28.7 Å². The summed E-state index contributed by atoms with van der Waals surface area (Å²) < 4.78 is 35.2. The molecule has 4 aromatic carbocycles. The number of aromatic nitrogens is 4. The van der Waals surface area contributed by atoms with Crippen LogP contribution in [0.3, 0.4) is 0 Å². The Morgan fingerprint density at radius 1 is 0.804 bits per heavy atom. The number of carbonyl (C=O) groups is 1. The minimum absolute atomic E-state index is 0.0423. The largest absolute Gasteiger partial charge is 0.497 e. The van der Waals surface area contributed by atoms with Crippen LogP contribution in [0.15, 0.2) is 116 Å². The topological polar surface area (TPSA) is 119 Å². The van der Waals surface area contributed by atoms with E-state index in [-0.39, 0.29) is 17.0 Å². The molecule has 8 rings (SSSR count). The molecule has 0 spiro atoms. The van der Waals surface area contributed by atoms with Gasteiger partial charge >= 0.3 is 0 Å². The van der Waals surface area contributed by atoms with Crippen LogP contribution in [0.5, 0.6) is 11.5 Å². The number of imidazole rings is 1. The first-order valence-corrected chi connectivity index (χ1v) is 21.8. The van der Waals surface area contributed by atoms with E-state index in [0.717, 1.165) is 28.2 Å². The van der Waals surface area contributed by atoms with E-state index in [1.807, 2.05) is 89.5 Å². The van der Waals surface area contributed by atoms with E-state index < -0.39 is 32.4 Å². The normalized spacial score (nSPS) is 19.4. The maximum absolute atomic E-state index is 13.4. The van der Waals surface area contributed by atoms with Crippen LogP contribution in [0.1, 0.15) is 72.4 Å². The second-order valence-corrected chi connectivity index (χ2v) is 20.6. The number of benzene rings is 4. The fourth-order valence-corrected chi connectivity index (χ4v) is 8.86. The van der Waals surface area contributed by atoms with E-state index >= 15 is 0 Å². The molecule has 0 unspecified atom stereocenters. The lowest BCUT2D eigenvalue weighted by Gasteiger charge is -2.43. The van der Waals surface area contributed by atoms with Gasteiger partial charge in [-0.05, 0) is 71.2 Å². The van der Waals surface area contributed by atoms with E-state index in [2.05, 4.69) is 56.3 Å². The number of ether oxygens (including phenoxy) is 4. The molecule has 56 heavy (non-hydrogen) atoms. The molecule has 2 aliphatic heterocycles. The molecule has 6 aromatic rings. The molecule has 0 radical (unpaired) electrons. The van der Waals surface area contributed by atoms with Gasteiger partial charge in [0.05, 0.1) is 20.3 Å². The monoisotopic (exact) mass is 769 g/mol. The van der Waals surface area contributed by atoms with Crippen molar-refractivity contribution in [3.05, 3.63) is 144 Å². The van der Waals surface area contributed by atoms with Gasteiger partial charge in [-0.15, -0.1) is 0 Å². The van der Waals surface area contributed by atoms with Gasteiger partial charge in [-0.3, -0.25) is 9.36 Å². The number of amides is 1. The highest BCUT2D eigenvalue weighted by molar-refractivity contribution is 6.74. The number of nitrogens with one attached hydrogen (secondary N) is 1. The van der Waals surface area contributed by atoms with E-state index in [9.17, 15) is 4.79 Å². The fourth-order valence-electron chi connectivity index (χ4n) is 7.52. The van der Waals surface area contributed by atoms with Crippen molar-refractivity contribution in [3.63, 3.8) is 0 Å². The fraction of sp³-hybridized carbons (Fsp3) is 0.318. The number of hydrogen-bond donors (Lipinski definition) is 1.